The Morgan fingerprint density at radius 1 is 1.15 bits per heavy atom. The zero-order chi connectivity index (χ0) is 19.4. The third-order valence-corrected chi connectivity index (χ3v) is 4.64. The van der Waals surface area contributed by atoms with E-state index in [9.17, 15) is 14.0 Å². The molecule has 0 aliphatic heterocycles. The van der Waals surface area contributed by atoms with E-state index in [1.165, 1.54) is 12.1 Å². The average Bonchev–Trinajstić information content (AvgIpc) is 3.48. The van der Waals surface area contributed by atoms with Gasteiger partial charge in [0.2, 0.25) is 11.8 Å². The zero-order valence-corrected chi connectivity index (χ0v) is 15.5. The highest BCUT2D eigenvalue weighted by molar-refractivity contribution is 5.94. The van der Waals surface area contributed by atoms with Crippen molar-refractivity contribution in [1.82, 2.24) is 5.32 Å². The van der Waals surface area contributed by atoms with Gasteiger partial charge in [0.25, 0.3) is 0 Å². The maximum atomic E-state index is 13.0. The number of nitrogens with one attached hydrogen (secondary N) is 3. The first kappa shape index (κ1) is 18.9. The molecule has 0 spiro atoms. The molecule has 1 aliphatic rings. The molecule has 2 aromatic rings. The van der Waals surface area contributed by atoms with Gasteiger partial charge < -0.3 is 16.0 Å². The van der Waals surface area contributed by atoms with E-state index in [0.717, 1.165) is 35.3 Å². The smallest absolute Gasteiger partial charge is 0.239 e. The molecule has 1 atom stereocenters. The van der Waals surface area contributed by atoms with Gasteiger partial charge in [-0.15, -0.1) is 0 Å². The number of carbonyl (C=O) groups is 2. The van der Waals surface area contributed by atoms with Crippen molar-refractivity contribution < 1.29 is 14.0 Å². The highest BCUT2D eigenvalue weighted by atomic mass is 19.1. The van der Waals surface area contributed by atoms with Crippen LogP contribution in [0.5, 0.6) is 0 Å². The van der Waals surface area contributed by atoms with Gasteiger partial charge in [0.1, 0.15) is 5.82 Å². The van der Waals surface area contributed by atoms with E-state index in [1.54, 1.807) is 12.1 Å². The maximum absolute atomic E-state index is 13.0. The summed E-state index contributed by atoms with van der Waals surface area (Å²) >= 11 is 0. The second kappa shape index (κ2) is 8.20. The van der Waals surface area contributed by atoms with Crippen LogP contribution in [0.3, 0.4) is 0 Å². The molecule has 0 bridgehead atoms. The Labute approximate surface area is 158 Å². The zero-order valence-electron chi connectivity index (χ0n) is 15.5. The highest BCUT2D eigenvalue weighted by Gasteiger charge is 2.29. The van der Waals surface area contributed by atoms with Gasteiger partial charge in [0.15, 0.2) is 0 Å². The number of rotatable bonds is 7. The lowest BCUT2D eigenvalue weighted by Crippen LogP contribution is -2.32. The molecule has 3 N–H and O–H groups in total. The van der Waals surface area contributed by atoms with Crippen molar-refractivity contribution in [2.45, 2.75) is 32.7 Å². The summed E-state index contributed by atoms with van der Waals surface area (Å²) in [5.74, 6) is -0.279. The molecule has 5 nitrogen and oxygen atoms in total. The first-order chi connectivity index (χ1) is 12.9. The number of hydrogen-bond acceptors (Lipinski definition) is 3. The lowest BCUT2D eigenvalue weighted by atomic mass is 10.1. The normalized spacial score (nSPS) is 14.3. The number of benzene rings is 2. The van der Waals surface area contributed by atoms with Crippen LogP contribution in [-0.2, 0) is 9.59 Å². The third-order valence-electron chi connectivity index (χ3n) is 4.64. The molecule has 1 aliphatic carbocycles. The standard InChI is InChI=1S/C21H24FN3O2/c1-13-3-10-18(25-21(27)16-4-5-16)11-19(13)23-12-20(26)24-14(2)15-6-8-17(22)9-7-15/h3,6-11,14,16,23H,4-5,12H2,1-2H3,(H,24,26)(H,25,27). The van der Waals surface area contributed by atoms with Crippen LogP contribution in [0.15, 0.2) is 42.5 Å². The van der Waals surface area contributed by atoms with Gasteiger partial charge in [-0.3, -0.25) is 9.59 Å². The Bertz CT molecular complexity index is 832. The average molecular weight is 369 g/mol. The van der Waals surface area contributed by atoms with Gasteiger partial charge >= 0.3 is 0 Å². The van der Waals surface area contributed by atoms with Crippen LogP contribution in [0.1, 0.15) is 36.9 Å². The second-order valence-corrected chi connectivity index (χ2v) is 6.99. The first-order valence-electron chi connectivity index (χ1n) is 9.12. The minimum Gasteiger partial charge on any atom is -0.376 e. The predicted octanol–water partition coefficient (Wildman–Crippen LogP) is 3.77. The van der Waals surface area contributed by atoms with E-state index >= 15 is 0 Å². The van der Waals surface area contributed by atoms with Crippen LogP contribution in [0.25, 0.3) is 0 Å². The number of carbonyl (C=O) groups excluding carboxylic acids is 2. The molecule has 0 aromatic heterocycles. The number of hydrogen-bond donors (Lipinski definition) is 3. The second-order valence-electron chi connectivity index (χ2n) is 6.99. The molecule has 1 saturated carbocycles. The molecular formula is C21H24FN3O2. The lowest BCUT2D eigenvalue weighted by molar-refractivity contribution is -0.120. The molecule has 0 saturated heterocycles. The molecule has 3 rings (SSSR count). The van der Waals surface area contributed by atoms with Crippen LogP contribution in [-0.4, -0.2) is 18.4 Å². The molecule has 27 heavy (non-hydrogen) atoms. The van der Waals surface area contributed by atoms with Crippen LogP contribution >= 0.6 is 0 Å². The van der Waals surface area contributed by atoms with E-state index in [4.69, 9.17) is 0 Å². The van der Waals surface area contributed by atoms with Crippen LogP contribution in [0.4, 0.5) is 15.8 Å². The summed E-state index contributed by atoms with van der Waals surface area (Å²) in [5, 5.41) is 8.90. The van der Waals surface area contributed by atoms with E-state index in [-0.39, 0.29) is 36.1 Å². The van der Waals surface area contributed by atoms with Crippen molar-refractivity contribution in [2.24, 2.45) is 5.92 Å². The molecule has 142 valence electrons. The molecule has 0 heterocycles. The van der Waals surface area contributed by atoms with Crippen molar-refractivity contribution in [3.05, 3.63) is 59.4 Å². The lowest BCUT2D eigenvalue weighted by Gasteiger charge is -2.16. The van der Waals surface area contributed by atoms with Crippen molar-refractivity contribution in [2.75, 3.05) is 17.2 Å². The predicted molar refractivity (Wildman–Crippen MR) is 104 cm³/mol. The number of anilines is 2. The van der Waals surface area contributed by atoms with Crippen LogP contribution in [0.2, 0.25) is 0 Å². The van der Waals surface area contributed by atoms with E-state index in [0.29, 0.717) is 0 Å². The van der Waals surface area contributed by atoms with Crippen LogP contribution in [0, 0.1) is 18.7 Å². The first-order valence-corrected chi connectivity index (χ1v) is 9.12. The Hall–Kier alpha value is -2.89. The minimum atomic E-state index is -0.303. The summed E-state index contributed by atoms with van der Waals surface area (Å²) in [6, 6.07) is 11.5. The van der Waals surface area contributed by atoms with E-state index < -0.39 is 0 Å². The quantitative estimate of drug-likeness (QED) is 0.696. The SMILES string of the molecule is Cc1ccc(NC(=O)C2CC2)cc1NCC(=O)NC(C)c1ccc(F)cc1. The monoisotopic (exact) mass is 369 g/mol. The topological polar surface area (TPSA) is 70.2 Å². The molecule has 6 heteroatoms. The Balaban J connectivity index is 1.54. The van der Waals surface area contributed by atoms with Gasteiger partial charge in [0, 0.05) is 17.3 Å². The molecular weight excluding hydrogens is 345 g/mol. The summed E-state index contributed by atoms with van der Waals surface area (Å²) < 4.78 is 13.0. The Morgan fingerprint density at radius 2 is 1.85 bits per heavy atom. The number of amides is 2. The molecule has 1 unspecified atom stereocenters. The fraction of sp³-hybridized carbons (Fsp3) is 0.333. The van der Waals surface area contributed by atoms with Crippen molar-refractivity contribution in [3.63, 3.8) is 0 Å². The number of aryl methyl sites for hydroxylation is 1. The molecule has 2 aromatic carbocycles. The van der Waals surface area contributed by atoms with Gasteiger partial charge in [0.05, 0.1) is 12.6 Å². The van der Waals surface area contributed by atoms with E-state index in [2.05, 4.69) is 16.0 Å². The summed E-state index contributed by atoms with van der Waals surface area (Å²) in [5.41, 5.74) is 3.35. The number of halogens is 1. The van der Waals surface area contributed by atoms with Gasteiger partial charge in [-0.05, 0) is 62.1 Å². The minimum absolute atomic E-state index is 0.0515. The Kier molecular flexibility index (Phi) is 5.74. The van der Waals surface area contributed by atoms with E-state index in [1.807, 2.05) is 32.0 Å². The fourth-order valence-corrected chi connectivity index (χ4v) is 2.78. The summed E-state index contributed by atoms with van der Waals surface area (Å²) in [6.45, 7) is 3.89. The van der Waals surface area contributed by atoms with Gasteiger partial charge in [-0.25, -0.2) is 4.39 Å². The molecule has 0 radical (unpaired) electrons. The van der Waals surface area contributed by atoms with Crippen LogP contribution < -0.4 is 16.0 Å². The maximum Gasteiger partial charge on any atom is 0.239 e. The van der Waals surface area contributed by atoms with Crippen molar-refractivity contribution in [3.8, 4) is 0 Å². The third kappa shape index (κ3) is 5.29. The van der Waals surface area contributed by atoms with Crippen molar-refractivity contribution >= 4 is 23.2 Å². The summed E-state index contributed by atoms with van der Waals surface area (Å²) in [6.07, 6.45) is 1.91. The summed E-state index contributed by atoms with van der Waals surface area (Å²) in [4.78, 5) is 24.1. The van der Waals surface area contributed by atoms with Gasteiger partial charge in [-0.2, -0.15) is 0 Å². The molecule has 2 amide bonds. The largest absolute Gasteiger partial charge is 0.376 e. The fourth-order valence-electron chi connectivity index (χ4n) is 2.78. The summed E-state index contributed by atoms with van der Waals surface area (Å²) in [7, 11) is 0. The molecule has 1 fully saturated rings. The highest BCUT2D eigenvalue weighted by Crippen LogP contribution is 2.30. The van der Waals surface area contributed by atoms with Crippen molar-refractivity contribution in [1.29, 1.82) is 0 Å². The Morgan fingerprint density at radius 3 is 2.52 bits per heavy atom. The van der Waals surface area contributed by atoms with Gasteiger partial charge in [-0.1, -0.05) is 18.2 Å².